The second kappa shape index (κ2) is 6.48. The second-order valence-corrected chi connectivity index (χ2v) is 6.01. The van der Waals surface area contributed by atoms with Crippen LogP contribution in [0.3, 0.4) is 0 Å². The molecule has 0 heterocycles. The fraction of sp³-hybridized carbons (Fsp3) is 0.500. The van der Waals surface area contributed by atoms with Crippen molar-refractivity contribution in [1.29, 1.82) is 0 Å². The van der Waals surface area contributed by atoms with Crippen molar-refractivity contribution in [2.45, 2.75) is 50.5 Å². The van der Waals surface area contributed by atoms with E-state index in [1.807, 2.05) is 18.2 Å². The molecule has 1 aliphatic carbocycles. The molecule has 114 valence electrons. The van der Waals surface area contributed by atoms with Crippen LogP contribution < -0.4 is 5.32 Å². The standard InChI is InChI=1S/C16H20ClNO3/c1-2-13(14(19)20)18-15(21)16(8-3-4-9-16)11-6-5-7-12(17)10-11/h5-7,10,13H,2-4,8-9H2,1H3,(H,18,21)(H,19,20). The van der Waals surface area contributed by atoms with E-state index < -0.39 is 17.4 Å². The summed E-state index contributed by atoms with van der Waals surface area (Å²) in [4.78, 5) is 23.9. The molecule has 1 aromatic rings. The molecular formula is C16H20ClNO3. The summed E-state index contributed by atoms with van der Waals surface area (Å²) in [5.74, 6) is -1.19. The summed E-state index contributed by atoms with van der Waals surface area (Å²) in [6.07, 6.45) is 3.75. The fourth-order valence-corrected chi connectivity index (χ4v) is 3.24. The highest BCUT2D eigenvalue weighted by atomic mass is 35.5. The topological polar surface area (TPSA) is 66.4 Å². The second-order valence-electron chi connectivity index (χ2n) is 5.57. The Morgan fingerprint density at radius 3 is 2.57 bits per heavy atom. The number of carboxylic acid groups (broad SMARTS) is 1. The maximum Gasteiger partial charge on any atom is 0.326 e. The summed E-state index contributed by atoms with van der Waals surface area (Å²) in [6, 6.07) is 6.48. The molecule has 1 saturated carbocycles. The minimum absolute atomic E-state index is 0.198. The number of aliphatic carboxylic acids is 1. The van der Waals surface area contributed by atoms with Gasteiger partial charge in [0.25, 0.3) is 0 Å². The third-order valence-corrected chi connectivity index (χ3v) is 4.52. The van der Waals surface area contributed by atoms with Gasteiger partial charge in [-0.15, -0.1) is 0 Å². The van der Waals surface area contributed by atoms with Crippen molar-refractivity contribution in [3.8, 4) is 0 Å². The molecule has 0 radical (unpaired) electrons. The molecule has 1 amide bonds. The lowest BCUT2D eigenvalue weighted by atomic mass is 9.77. The molecule has 0 bridgehead atoms. The minimum atomic E-state index is -0.995. The maximum absolute atomic E-state index is 12.7. The van der Waals surface area contributed by atoms with Gasteiger partial charge in [-0.25, -0.2) is 4.79 Å². The zero-order chi connectivity index (χ0) is 15.5. The summed E-state index contributed by atoms with van der Waals surface area (Å²) in [6.45, 7) is 1.75. The summed E-state index contributed by atoms with van der Waals surface area (Å²) < 4.78 is 0. The summed E-state index contributed by atoms with van der Waals surface area (Å²) in [5.41, 5.74) is 0.235. The molecular weight excluding hydrogens is 290 g/mol. The van der Waals surface area contributed by atoms with Gasteiger partial charge in [0.05, 0.1) is 5.41 Å². The molecule has 2 N–H and O–H groups in total. The van der Waals surface area contributed by atoms with Crippen LogP contribution in [0, 0.1) is 0 Å². The number of nitrogens with one attached hydrogen (secondary N) is 1. The Morgan fingerprint density at radius 2 is 2.05 bits per heavy atom. The van der Waals surface area contributed by atoms with E-state index in [0.717, 1.165) is 31.2 Å². The molecule has 1 fully saturated rings. The number of carbonyl (C=O) groups excluding carboxylic acids is 1. The van der Waals surface area contributed by atoms with Gasteiger partial charge in [0, 0.05) is 5.02 Å². The van der Waals surface area contributed by atoms with Crippen LogP contribution in [0.4, 0.5) is 0 Å². The Labute approximate surface area is 129 Å². The Kier molecular flexibility index (Phi) is 4.88. The quantitative estimate of drug-likeness (QED) is 0.878. The molecule has 5 heteroatoms. The van der Waals surface area contributed by atoms with Gasteiger partial charge in [-0.1, -0.05) is 43.5 Å². The van der Waals surface area contributed by atoms with Crippen LogP contribution in [0.15, 0.2) is 24.3 Å². The van der Waals surface area contributed by atoms with Gasteiger partial charge in [-0.2, -0.15) is 0 Å². The van der Waals surface area contributed by atoms with Crippen LogP contribution in [0.25, 0.3) is 0 Å². The van der Waals surface area contributed by atoms with Crippen molar-refractivity contribution >= 4 is 23.5 Å². The van der Waals surface area contributed by atoms with E-state index >= 15 is 0 Å². The van der Waals surface area contributed by atoms with Crippen LogP contribution in [0.5, 0.6) is 0 Å². The van der Waals surface area contributed by atoms with E-state index in [-0.39, 0.29) is 5.91 Å². The molecule has 1 atom stereocenters. The number of rotatable bonds is 5. The van der Waals surface area contributed by atoms with E-state index in [9.17, 15) is 9.59 Å². The van der Waals surface area contributed by atoms with Crippen LogP contribution in [-0.4, -0.2) is 23.0 Å². The van der Waals surface area contributed by atoms with Gasteiger partial charge in [0.2, 0.25) is 5.91 Å². The summed E-state index contributed by atoms with van der Waals surface area (Å²) in [7, 11) is 0. The zero-order valence-electron chi connectivity index (χ0n) is 12.1. The molecule has 21 heavy (non-hydrogen) atoms. The van der Waals surface area contributed by atoms with Gasteiger partial charge in [0.15, 0.2) is 0 Å². The third-order valence-electron chi connectivity index (χ3n) is 4.28. The van der Waals surface area contributed by atoms with E-state index in [0.29, 0.717) is 11.4 Å². The average Bonchev–Trinajstić information content (AvgIpc) is 2.95. The molecule has 1 aromatic carbocycles. The van der Waals surface area contributed by atoms with Gasteiger partial charge in [-0.05, 0) is 37.0 Å². The highest BCUT2D eigenvalue weighted by molar-refractivity contribution is 6.30. The lowest BCUT2D eigenvalue weighted by Crippen LogP contribution is -2.49. The summed E-state index contributed by atoms with van der Waals surface area (Å²) >= 11 is 6.05. The Bertz CT molecular complexity index is 538. The molecule has 0 spiro atoms. The van der Waals surface area contributed by atoms with Gasteiger partial charge < -0.3 is 10.4 Å². The van der Waals surface area contributed by atoms with Crippen LogP contribution in [0.1, 0.15) is 44.6 Å². The first-order valence-corrected chi connectivity index (χ1v) is 7.67. The zero-order valence-corrected chi connectivity index (χ0v) is 12.8. The first kappa shape index (κ1) is 15.8. The Balaban J connectivity index is 2.30. The predicted molar refractivity (Wildman–Crippen MR) is 81.5 cm³/mol. The first-order chi connectivity index (χ1) is 9.99. The number of hydrogen-bond acceptors (Lipinski definition) is 2. The smallest absolute Gasteiger partial charge is 0.326 e. The van der Waals surface area contributed by atoms with Gasteiger partial charge in [-0.3, -0.25) is 4.79 Å². The van der Waals surface area contributed by atoms with Crippen LogP contribution in [0.2, 0.25) is 5.02 Å². The number of hydrogen-bond donors (Lipinski definition) is 2. The number of halogens is 1. The highest BCUT2D eigenvalue weighted by Crippen LogP contribution is 2.42. The third kappa shape index (κ3) is 3.21. The van der Waals surface area contributed by atoms with E-state index in [4.69, 9.17) is 16.7 Å². The monoisotopic (exact) mass is 309 g/mol. The highest BCUT2D eigenvalue weighted by Gasteiger charge is 2.43. The lowest BCUT2D eigenvalue weighted by Gasteiger charge is -2.30. The Hall–Kier alpha value is -1.55. The maximum atomic E-state index is 12.7. The molecule has 1 unspecified atom stereocenters. The molecule has 4 nitrogen and oxygen atoms in total. The molecule has 0 saturated heterocycles. The molecule has 1 aliphatic rings. The fourth-order valence-electron chi connectivity index (χ4n) is 3.05. The van der Waals surface area contributed by atoms with E-state index in [1.165, 1.54) is 0 Å². The number of carboxylic acids is 1. The van der Waals surface area contributed by atoms with Crippen molar-refractivity contribution in [3.63, 3.8) is 0 Å². The number of benzene rings is 1. The lowest BCUT2D eigenvalue weighted by molar-refractivity contribution is -0.142. The number of carbonyl (C=O) groups is 2. The Morgan fingerprint density at radius 1 is 1.38 bits per heavy atom. The van der Waals surface area contributed by atoms with Crippen LogP contribution in [-0.2, 0) is 15.0 Å². The van der Waals surface area contributed by atoms with Crippen LogP contribution >= 0.6 is 11.6 Å². The number of amides is 1. The largest absolute Gasteiger partial charge is 0.480 e. The van der Waals surface area contributed by atoms with Gasteiger partial charge >= 0.3 is 5.97 Å². The van der Waals surface area contributed by atoms with E-state index in [1.54, 1.807) is 13.0 Å². The predicted octanol–water partition coefficient (Wildman–Crippen LogP) is 3.13. The van der Waals surface area contributed by atoms with Crippen molar-refractivity contribution in [1.82, 2.24) is 5.32 Å². The van der Waals surface area contributed by atoms with E-state index in [2.05, 4.69) is 5.32 Å². The van der Waals surface area contributed by atoms with Crippen molar-refractivity contribution in [3.05, 3.63) is 34.9 Å². The van der Waals surface area contributed by atoms with Crippen molar-refractivity contribution in [2.75, 3.05) is 0 Å². The average molecular weight is 310 g/mol. The van der Waals surface area contributed by atoms with Crippen molar-refractivity contribution < 1.29 is 14.7 Å². The summed E-state index contributed by atoms with van der Waals surface area (Å²) in [5, 5.41) is 12.4. The SMILES string of the molecule is CCC(NC(=O)C1(c2cccc(Cl)c2)CCCC1)C(=O)O. The normalized spacial score (nSPS) is 18.2. The molecule has 0 aromatic heterocycles. The minimum Gasteiger partial charge on any atom is -0.480 e. The van der Waals surface area contributed by atoms with Crippen molar-refractivity contribution in [2.24, 2.45) is 0 Å². The molecule has 0 aliphatic heterocycles. The first-order valence-electron chi connectivity index (χ1n) is 7.29. The molecule has 2 rings (SSSR count). The van der Waals surface area contributed by atoms with Gasteiger partial charge in [0.1, 0.15) is 6.04 Å².